The van der Waals surface area contributed by atoms with E-state index in [0.29, 0.717) is 17.6 Å². The van der Waals surface area contributed by atoms with Gasteiger partial charge in [0.05, 0.1) is 18.6 Å². The van der Waals surface area contributed by atoms with Crippen molar-refractivity contribution in [3.63, 3.8) is 0 Å². The molecule has 128 valence electrons. The van der Waals surface area contributed by atoms with Gasteiger partial charge in [0.2, 0.25) is 5.91 Å². The number of carbonyl (C=O) groups excluding carboxylic acids is 1. The Morgan fingerprint density at radius 1 is 1.36 bits per heavy atom. The predicted molar refractivity (Wildman–Crippen MR) is 93.0 cm³/mol. The van der Waals surface area contributed by atoms with E-state index >= 15 is 0 Å². The average Bonchev–Trinajstić information content (AvgIpc) is 3.19. The topological polar surface area (TPSA) is 81.8 Å². The monoisotopic (exact) mass is 337 g/mol. The van der Waals surface area contributed by atoms with E-state index in [9.17, 15) is 9.59 Å². The number of fused-ring (bicyclic) bond motifs is 2. The van der Waals surface area contributed by atoms with Crippen LogP contribution in [-0.4, -0.2) is 25.2 Å². The Morgan fingerprint density at radius 2 is 2.20 bits per heavy atom. The zero-order valence-electron chi connectivity index (χ0n) is 14.0. The van der Waals surface area contributed by atoms with Crippen LogP contribution < -0.4 is 10.9 Å². The Kier molecular flexibility index (Phi) is 3.83. The van der Waals surface area contributed by atoms with Gasteiger partial charge in [-0.05, 0) is 24.0 Å². The van der Waals surface area contributed by atoms with E-state index in [1.165, 1.54) is 28.2 Å². The van der Waals surface area contributed by atoms with Crippen LogP contribution in [0.2, 0.25) is 0 Å². The van der Waals surface area contributed by atoms with E-state index in [1.54, 1.807) is 11.7 Å². The highest BCUT2D eigenvalue weighted by atomic mass is 16.2. The maximum atomic E-state index is 12.4. The van der Waals surface area contributed by atoms with Crippen molar-refractivity contribution in [3.05, 3.63) is 58.3 Å². The number of benzene rings is 1. The van der Waals surface area contributed by atoms with Crippen molar-refractivity contribution >= 4 is 16.9 Å². The third-order valence-corrected chi connectivity index (χ3v) is 4.77. The smallest absolute Gasteiger partial charge is 0.264 e. The molecule has 4 rings (SSSR count). The molecular formula is C18H19N5O2. The molecule has 7 nitrogen and oxygen atoms in total. The van der Waals surface area contributed by atoms with Gasteiger partial charge in [0.1, 0.15) is 5.39 Å². The molecule has 2 aromatic heterocycles. The zero-order chi connectivity index (χ0) is 17.4. The molecule has 1 aromatic carbocycles. The number of nitrogens with zero attached hydrogens (tertiary/aromatic N) is 4. The second kappa shape index (κ2) is 6.16. The van der Waals surface area contributed by atoms with Crippen molar-refractivity contribution in [1.82, 2.24) is 24.6 Å². The molecule has 3 aromatic rings. The Bertz CT molecular complexity index is 1000. The summed E-state index contributed by atoms with van der Waals surface area (Å²) >= 11 is 0. The molecule has 0 spiro atoms. The van der Waals surface area contributed by atoms with Crippen molar-refractivity contribution < 1.29 is 4.79 Å². The molecule has 1 N–H and O–H groups in total. The predicted octanol–water partition coefficient (Wildman–Crippen LogP) is 1.32. The molecule has 0 saturated heterocycles. The third kappa shape index (κ3) is 2.82. The number of nitrogens with one attached hydrogen (secondary N) is 1. The molecule has 1 amide bonds. The van der Waals surface area contributed by atoms with E-state index in [4.69, 9.17) is 0 Å². The lowest BCUT2D eigenvalue weighted by molar-refractivity contribution is -0.122. The van der Waals surface area contributed by atoms with Crippen LogP contribution in [-0.2, 0) is 24.8 Å². The minimum atomic E-state index is -0.169. The summed E-state index contributed by atoms with van der Waals surface area (Å²) < 4.78 is 3.03. The van der Waals surface area contributed by atoms with Gasteiger partial charge in [0, 0.05) is 20.0 Å². The van der Waals surface area contributed by atoms with Crippen LogP contribution in [0.15, 0.2) is 41.6 Å². The van der Waals surface area contributed by atoms with Gasteiger partial charge in [-0.3, -0.25) is 18.8 Å². The first-order chi connectivity index (χ1) is 12.1. The van der Waals surface area contributed by atoms with Crippen LogP contribution in [0.4, 0.5) is 0 Å². The number of rotatable bonds is 4. The second-order valence-electron chi connectivity index (χ2n) is 6.36. The van der Waals surface area contributed by atoms with E-state index in [0.717, 1.165) is 12.8 Å². The fourth-order valence-corrected chi connectivity index (χ4v) is 3.42. The first kappa shape index (κ1) is 15.6. The number of aryl methyl sites for hydroxylation is 3. The van der Waals surface area contributed by atoms with Gasteiger partial charge in [-0.15, -0.1) is 0 Å². The Balaban J connectivity index is 1.43. The van der Waals surface area contributed by atoms with E-state index < -0.39 is 0 Å². The maximum Gasteiger partial charge on any atom is 0.264 e. The lowest BCUT2D eigenvalue weighted by Gasteiger charge is -2.14. The molecule has 0 aliphatic heterocycles. The fraction of sp³-hybridized carbons (Fsp3) is 0.333. The SMILES string of the molecule is Cn1ncc2c(=O)n(CCC(=O)NC3CCc4ccccc43)cnc21. The van der Waals surface area contributed by atoms with Crippen molar-refractivity contribution in [1.29, 1.82) is 0 Å². The second-order valence-corrected chi connectivity index (χ2v) is 6.36. The molecule has 0 radical (unpaired) electrons. The van der Waals surface area contributed by atoms with Crippen molar-refractivity contribution in [2.24, 2.45) is 7.05 Å². The lowest BCUT2D eigenvalue weighted by Crippen LogP contribution is -2.29. The molecule has 0 bridgehead atoms. The summed E-state index contributed by atoms with van der Waals surface area (Å²) in [6, 6.07) is 8.27. The van der Waals surface area contributed by atoms with Crippen LogP contribution >= 0.6 is 0 Å². The van der Waals surface area contributed by atoms with E-state index in [1.807, 2.05) is 12.1 Å². The van der Waals surface area contributed by atoms with E-state index in [-0.39, 0.29) is 23.9 Å². The normalized spacial score (nSPS) is 16.1. The summed E-state index contributed by atoms with van der Waals surface area (Å²) in [5.41, 5.74) is 2.88. The molecule has 1 unspecified atom stereocenters. The highest BCUT2D eigenvalue weighted by Gasteiger charge is 2.23. The van der Waals surface area contributed by atoms with Crippen molar-refractivity contribution in [2.75, 3.05) is 0 Å². The standard InChI is InChI=1S/C18H19N5O2/c1-22-17-14(10-20-22)18(25)23(11-19-17)9-8-16(24)21-15-7-6-12-4-2-3-5-13(12)15/h2-5,10-11,15H,6-9H2,1H3,(H,21,24). The number of hydrogen-bond donors (Lipinski definition) is 1. The zero-order valence-corrected chi connectivity index (χ0v) is 14.0. The van der Waals surface area contributed by atoms with Crippen LogP contribution in [0, 0.1) is 0 Å². The minimum absolute atomic E-state index is 0.0557. The summed E-state index contributed by atoms with van der Waals surface area (Å²) in [6.45, 7) is 0.302. The Hall–Kier alpha value is -2.96. The average molecular weight is 337 g/mol. The first-order valence-corrected chi connectivity index (χ1v) is 8.38. The third-order valence-electron chi connectivity index (χ3n) is 4.77. The molecule has 0 fully saturated rings. The number of aromatic nitrogens is 4. The number of amides is 1. The maximum absolute atomic E-state index is 12.4. The van der Waals surface area contributed by atoms with Gasteiger partial charge in [-0.25, -0.2) is 4.98 Å². The summed E-state index contributed by atoms with van der Waals surface area (Å²) in [7, 11) is 1.74. The molecule has 1 aliphatic carbocycles. The lowest BCUT2D eigenvalue weighted by atomic mass is 10.1. The first-order valence-electron chi connectivity index (χ1n) is 8.38. The quantitative estimate of drug-likeness (QED) is 0.778. The van der Waals surface area contributed by atoms with Crippen molar-refractivity contribution in [2.45, 2.75) is 31.8 Å². The summed E-state index contributed by atoms with van der Waals surface area (Å²) in [5, 5.41) is 7.59. The molecule has 1 aliphatic rings. The molecule has 25 heavy (non-hydrogen) atoms. The van der Waals surface area contributed by atoms with Crippen LogP contribution in [0.1, 0.15) is 30.0 Å². The Labute approximate surface area is 144 Å². The molecule has 7 heteroatoms. The molecular weight excluding hydrogens is 318 g/mol. The highest BCUT2D eigenvalue weighted by molar-refractivity contribution is 5.77. The van der Waals surface area contributed by atoms with Gasteiger partial charge in [-0.1, -0.05) is 24.3 Å². The van der Waals surface area contributed by atoms with Gasteiger partial charge >= 0.3 is 0 Å². The molecule has 1 atom stereocenters. The van der Waals surface area contributed by atoms with Crippen molar-refractivity contribution in [3.8, 4) is 0 Å². The summed E-state index contributed by atoms with van der Waals surface area (Å²) in [5.74, 6) is -0.0557. The van der Waals surface area contributed by atoms with Gasteiger partial charge in [-0.2, -0.15) is 5.10 Å². The fourth-order valence-electron chi connectivity index (χ4n) is 3.42. The Morgan fingerprint density at radius 3 is 3.08 bits per heavy atom. The number of hydrogen-bond acceptors (Lipinski definition) is 4. The summed E-state index contributed by atoms with van der Waals surface area (Å²) in [4.78, 5) is 28.9. The molecule has 0 saturated carbocycles. The highest BCUT2D eigenvalue weighted by Crippen LogP contribution is 2.30. The van der Waals surface area contributed by atoms with Gasteiger partial charge in [0.25, 0.3) is 5.56 Å². The minimum Gasteiger partial charge on any atom is -0.349 e. The summed E-state index contributed by atoms with van der Waals surface area (Å²) in [6.07, 6.45) is 5.14. The number of carbonyl (C=O) groups is 1. The largest absolute Gasteiger partial charge is 0.349 e. The van der Waals surface area contributed by atoms with Gasteiger partial charge in [0.15, 0.2) is 5.65 Å². The van der Waals surface area contributed by atoms with Crippen LogP contribution in [0.5, 0.6) is 0 Å². The van der Waals surface area contributed by atoms with E-state index in [2.05, 4.69) is 27.5 Å². The van der Waals surface area contributed by atoms with Crippen LogP contribution in [0.25, 0.3) is 11.0 Å². The molecule has 2 heterocycles. The van der Waals surface area contributed by atoms with Gasteiger partial charge < -0.3 is 5.32 Å². The van der Waals surface area contributed by atoms with Crippen LogP contribution in [0.3, 0.4) is 0 Å².